The predicted molar refractivity (Wildman–Crippen MR) is 70.3 cm³/mol. The maximum atomic E-state index is 12.1. The van der Waals surface area contributed by atoms with Crippen molar-refractivity contribution in [2.75, 3.05) is 40.3 Å². The van der Waals surface area contributed by atoms with E-state index in [0.717, 1.165) is 25.9 Å². The monoisotopic (exact) mass is 256 g/mol. The molecule has 1 atom stereocenters. The fourth-order valence-corrected chi connectivity index (χ4v) is 2.09. The molecular weight excluding hydrogens is 232 g/mol. The fourth-order valence-electron chi connectivity index (χ4n) is 2.09. The van der Waals surface area contributed by atoms with Crippen LogP contribution < -0.4 is 16.0 Å². The van der Waals surface area contributed by atoms with E-state index in [1.54, 1.807) is 14.1 Å². The Hall–Kier alpha value is -1.30. The number of nitrogens with one attached hydrogen (secondary N) is 3. The topological polar surface area (TPSA) is 73.5 Å². The van der Waals surface area contributed by atoms with Crippen LogP contribution in [0.1, 0.15) is 19.8 Å². The third-order valence-electron chi connectivity index (χ3n) is 3.50. The number of hydrogen-bond acceptors (Lipinski definition) is 3. The SMILES string of the molecule is CCC1(C(=O)NCCNC(=O)N(C)C)CCNC1. The van der Waals surface area contributed by atoms with Gasteiger partial charge in [0.15, 0.2) is 0 Å². The van der Waals surface area contributed by atoms with Gasteiger partial charge in [0, 0.05) is 33.7 Å². The molecule has 3 N–H and O–H groups in total. The molecule has 1 unspecified atom stereocenters. The van der Waals surface area contributed by atoms with E-state index in [1.165, 1.54) is 4.90 Å². The Morgan fingerprint density at radius 2 is 1.94 bits per heavy atom. The predicted octanol–water partition coefficient (Wildman–Crippen LogP) is -0.236. The van der Waals surface area contributed by atoms with Crippen LogP contribution in [0.5, 0.6) is 0 Å². The molecule has 3 amide bonds. The smallest absolute Gasteiger partial charge is 0.316 e. The van der Waals surface area contributed by atoms with Crippen LogP contribution in [0.15, 0.2) is 0 Å². The summed E-state index contributed by atoms with van der Waals surface area (Å²) in [5.74, 6) is 0.0918. The molecule has 0 saturated carbocycles. The van der Waals surface area contributed by atoms with Gasteiger partial charge in [-0.05, 0) is 19.4 Å². The summed E-state index contributed by atoms with van der Waals surface area (Å²) in [6.45, 7) is 4.62. The van der Waals surface area contributed by atoms with Gasteiger partial charge in [-0.1, -0.05) is 6.92 Å². The van der Waals surface area contributed by atoms with Crippen LogP contribution in [0.2, 0.25) is 0 Å². The molecule has 1 saturated heterocycles. The summed E-state index contributed by atoms with van der Waals surface area (Å²) in [6.07, 6.45) is 1.73. The minimum atomic E-state index is -0.258. The van der Waals surface area contributed by atoms with Gasteiger partial charge in [-0.25, -0.2) is 4.79 Å². The molecule has 0 aromatic carbocycles. The van der Waals surface area contributed by atoms with E-state index >= 15 is 0 Å². The maximum Gasteiger partial charge on any atom is 0.316 e. The normalized spacial score (nSPS) is 22.6. The van der Waals surface area contributed by atoms with Crippen LogP contribution in [0.25, 0.3) is 0 Å². The Bertz CT molecular complexity index is 298. The Morgan fingerprint density at radius 1 is 1.28 bits per heavy atom. The molecule has 0 aromatic heterocycles. The zero-order chi connectivity index (χ0) is 13.6. The fraction of sp³-hybridized carbons (Fsp3) is 0.833. The van der Waals surface area contributed by atoms with Crippen molar-refractivity contribution >= 4 is 11.9 Å². The second-order valence-corrected chi connectivity index (χ2v) is 4.94. The van der Waals surface area contributed by atoms with Crippen LogP contribution in [0.3, 0.4) is 0 Å². The first kappa shape index (κ1) is 14.8. The van der Waals surface area contributed by atoms with Crippen molar-refractivity contribution in [3.8, 4) is 0 Å². The number of amides is 3. The number of urea groups is 1. The van der Waals surface area contributed by atoms with E-state index in [1.807, 2.05) is 6.92 Å². The number of hydrogen-bond donors (Lipinski definition) is 3. The standard InChI is InChI=1S/C12H24N4O2/c1-4-12(5-6-13-9-12)10(17)14-7-8-15-11(18)16(2)3/h13H,4-9H2,1-3H3,(H,14,17)(H,15,18). The summed E-state index contributed by atoms with van der Waals surface area (Å²) in [5, 5.41) is 8.85. The van der Waals surface area contributed by atoms with Crippen LogP contribution in [0.4, 0.5) is 4.79 Å². The summed E-state index contributed by atoms with van der Waals surface area (Å²) in [6, 6.07) is -0.142. The molecule has 0 aliphatic carbocycles. The number of carbonyl (C=O) groups is 2. The maximum absolute atomic E-state index is 12.1. The van der Waals surface area contributed by atoms with E-state index in [4.69, 9.17) is 0 Å². The highest BCUT2D eigenvalue weighted by atomic mass is 16.2. The average Bonchev–Trinajstić information content (AvgIpc) is 2.83. The van der Waals surface area contributed by atoms with Crippen molar-refractivity contribution in [1.82, 2.24) is 20.9 Å². The van der Waals surface area contributed by atoms with E-state index in [9.17, 15) is 9.59 Å². The Labute approximate surface area is 108 Å². The number of carbonyl (C=O) groups excluding carboxylic acids is 2. The lowest BCUT2D eigenvalue weighted by Crippen LogP contribution is -2.45. The molecule has 18 heavy (non-hydrogen) atoms. The zero-order valence-corrected chi connectivity index (χ0v) is 11.5. The van der Waals surface area contributed by atoms with E-state index in [0.29, 0.717) is 13.1 Å². The second kappa shape index (κ2) is 6.58. The first-order valence-corrected chi connectivity index (χ1v) is 6.46. The van der Waals surface area contributed by atoms with Gasteiger partial charge in [0.25, 0.3) is 0 Å². The molecule has 0 aromatic rings. The van der Waals surface area contributed by atoms with Crippen LogP contribution in [-0.2, 0) is 4.79 Å². The van der Waals surface area contributed by atoms with E-state index in [2.05, 4.69) is 16.0 Å². The lowest BCUT2D eigenvalue weighted by Gasteiger charge is -2.25. The van der Waals surface area contributed by atoms with Gasteiger partial charge in [0.2, 0.25) is 5.91 Å². The molecule has 1 fully saturated rings. The van der Waals surface area contributed by atoms with Crippen LogP contribution in [0, 0.1) is 5.41 Å². The minimum absolute atomic E-state index is 0.0918. The highest BCUT2D eigenvalue weighted by Gasteiger charge is 2.38. The lowest BCUT2D eigenvalue weighted by atomic mass is 9.83. The molecule has 104 valence electrons. The van der Waals surface area contributed by atoms with Gasteiger partial charge < -0.3 is 20.9 Å². The van der Waals surface area contributed by atoms with Gasteiger partial charge in [-0.2, -0.15) is 0 Å². The average molecular weight is 256 g/mol. The molecule has 0 radical (unpaired) electrons. The van der Waals surface area contributed by atoms with E-state index < -0.39 is 0 Å². The Balaban J connectivity index is 2.27. The molecule has 1 aliphatic rings. The quantitative estimate of drug-likeness (QED) is 0.595. The summed E-state index contributed by atoms with van der Waals surface area (Å²) in [4.78, 5) is 24.8. The molecule has 0 bridgehead atoms. The molecule has 1 aliphatic heterocycles. The van der Waals surface area contributed by atoms with Crippen molar-refractivity contribution in [3.05, 3.63) is 0 Å². The highest BCUT2D eigenvalue weighted by Crippen LogP contribution is 2.29. The van der Waals surface area contributed by atoms with Crippen molar-refractivity contribution in [2.24, 2.45) is 5.41 Å². The lowest BCUT2D eigenvalue weighted by molar-refractivity contribution is -0.130. The Kier molecular flexibility index (Phi) is 5.40. The van der Waals surface area contributed by atoms with Gasteiger partial charge in [0.05, 0.1) is 5.41 Å². The first-order valence-electron chi connectivity index (χ1n) is 6.46. The molecular formula is C12H24N4O2. The molecule has 6 nitrogen and oxygen atoms in total. The third kappa shape index (κ3) is 3.60. The summed E-state index contributed by atoms with van der Waals surface area (Å²) in [7, 11) is 3.37. The molecule has 1 heterocycles. The molecule has 1 rings (SSSR count). The van der Waals surface area contributed by atoms with Gasteiger partial charge in [-0.3, -0.25) is 4.79 Å². The third-order valence-corrected chi connectivity index (χ3v) is 3.50. The van der Waals surface area contributed by atoms with Crippen LogP contribution in [-0.4, -0.2) is 57.1 Å². The van der Waals surface area contributed by atoms with Gasteiger partial charge in [-0.15, -0.1) is 0 Å². The van der Waals surface area contributed by atoms with Crippen LogP contribution >= 0.6 is 0 Å². The molecule has 0 spiro atoms. The number of rotatable bonds is 5. The van der Waals surface area contributed by atoms with Crippen molar-refractivity contribution in [3.63, 3.8) is 0 Å². The first-order chi connectivity index (χ1) is 8.52. The van der Waals surface area contributed by atoms with Crippen molar-refractivity contribution in [1.29, 1.82) is 0 Å². The largest absolute Gasteiger partial charge is 0.354 e. The Morgan fingerprint density at radius 3 is 2.44 bits per heavy atom. The van der Waals surface area contributed by atoms with E-state index in [-0.39, 0.29) is 17.4 Å². The second-order valence-electron chi connectivity index (χ2n) is 4.94. The summed E-state index contributed by atoms with van der Waals surface area (Å²) in [5.41, 5.74) is -0.258. The van der Waals surface area contributed by atoms with Crippen molar-refractivity contribution < 1.29 is 9.59 Å². The van der Waals surface area contributed by atoms with Crippen molar-refractivity contribution in [2.45, 2.75) is 19.8 Å². The molecule has 6 heteroatoms. The van der Waals surface area contributed by atoms with Gasteiger partial charge in [0.1, 0.15) is 0 Å². The minimum Gasteiger partial charge on any atom is -0.354 e. The summed E-state index contributed by atoms with van der Waals surface area (Å²) >= 11 is 0. The highest BCUT2D eigenvalue weighted by molar-refractivity contribution is 5.83. The van der Waals surface area contributed by atoms with Gasteiger partial charge >= 0.3 is 6.03 Å². The number of nitrogens with zero attached hydrogens (tertiary/aromatic N) is 1. The zero-order valence-electron chi connectivity index (χ0n) is 11.5. The summed E-state index contributed by atoms with van der Waals surface area (Å²) < 4.78 is 0.